The van der Waals surface area contributed by atoms with Gasteiger partial charge in [0.2, 0.25) is 0 Å². The molecule has 0 unspecified atom stereocenters. The summed E-state index contributed by atoms with van der Waals surface area (Å²) in [6, 6.07) is 0. The first-order chi connectivity index (χ1) is 1.73. The molecule has 0 saturated carbocycles. The Bertz CT molecular complexity index is 11.6. The summed E-state index contributed by atoms with van der Waals surface area (Å²) in [7, 11) is 14.7. The van der Waals surface area contributed by atoms with Crippen molar-refractivity contribution in [1.82, 2.24) is 0 Å². The van der Waals surface area contributed by atoms with E-state index in [1.165, 1.54) is 0 Å². The van der Waals surface area contributed by atoms with Gasteiger partial charge in [-0.05, 0) is 0 Å². The Morgan fingerprint density at radius 3 is 1.00 bits per heavy atom. The van der Waals surface area contributed by atoms with Crippen molar-refractivity contribution in [3.63, 3.8) is 0 Å². The Kier molecular flexibility index (Phi) is 11.8. The third kappa shape index (κ3) is 24.9. The van der Waals surface area contributed by atoms with Crippen LogP contribution in [0.4, 0.5) is 0 Å². The summed E-state index contributed by atoms with van der Waals surface area (Å²) in [5.74, 6) is 0. The van der Waals surface area contributed by atoms with E-state index in [1.807, 2.05) is 0 Å². The summed E-state index contributed by atoms with van der Waals surface area (Å²) in [6.07, 6.45) is 0. The molecule has 5 heavy (non-hydrogen) atoms. The van der Waals surface area contributed by atoms with Crippen LogP contribution < -0.4 is 0 Å². The van der Waals surface area contributed by atoms with Gasteiger partial charge in [-0.2, -0.15) is 0 Å². The van der Waals surface area contributed by atoms with Gasteiger partial charge in [0.15, 0.2) is 0 Å². The predicted molar refractivity (Wildman–Crippen MR) is 17.6 cm³/mol. The maximum Gasteiger partial charge on any atom is 0 e. The van der Waals surface area contributed by atoms with Gasteiger partial charge in [-0.1, -0.05) is 0 Å². The molecular formula is Cl3CoFe. The summed E-state index contributed by atoms with van der Waals surface area (Å²) in [4.78, 5) is 0. The molecule has 0 aliphatic carbocycles. The van der Waals surface area contributed by atoms with Crippen LogP contribution >= 0.6 is 30.3 Å². The van der Waals surface area contributed by atoms with E-state index >= 15 is 0 Å². The Morgan fingerprint density at radius 1 is 1.00 bits per heavy atom. The Balaban J connectivity index is 0. The van der Waals surface area contributed by atoms with Crippen molar-refractivity contribution in [1.29, 1.82) is 0 Å². The molecule has 0 fully saturated rings. The standard InChI is InChI=1S/3ClH.Co.Fe/h3*1H;;/q;;;;+3/p-3. The molecular weight excluding hydrogens is 221 g/mol. The van der Waals surface area contributed by atoms with Gasteiger partial charge >= 0.3 is 41.5 Å². The number of hydrogen-bond donors (Lipinski definition) is 0. The third-order valence-electron chi connectivity index (χ3n) is 0. The van der Waals surface area contributed by atoms with Crippen LogP contribution in [0.5, 0.6) is 0 Å². The van der Waals surface area contributed by atoms with E-state index < -0.39 is 11.2 Å². The second-order valence-corrected chi connectivity index (χ2v) is 5.62. The van der Waals surface area contributed by atoms with E-state index in [2.05, 4.69) is 0 Å². The average molecular weight is 221 g/mol. The Morgan fingerprint density at radius 2 is 1.00 bits per heavy atom. The fourth-order valence-corrected chi connectivity index (χ4v) is 0. The number of hydrogen-bond acceptors (Lipinski definition) is 0. The molecule has 38 valence electrons. The molecule has 0 aromatic rings. The van der Waals surface area contributed by atoms with E-state index in [-0.39, 0.29) is 16.8 Å². The summed E-state index contributed by atoms with van der Waals surface area (Å²) < 4.78 is 0. The zero-order valence-corrected chi connectivity index (χ0v) is 6.23. The van der Waals surface area contributed by atoms with E-state index in [0.29, 0.717) is 0 Å². The monoisotopic (exact) mass is 220 g/mol. The molecule has 5 heteroatoms. The zero-order valence-electron chi connectivity index (χ0n) is 1.82. The Hall–Kier alpha value is 1.90. The molecule has 0 aliphatic rings. The van der Waals surface area contributed by atoms with Gasteiger partial charge in [0.25, 0.3) is 0 Å². The quantitative estimate of drug-likeness (QED) is 0.549. The second-order valence-electron chi connectivity index (χ2n) is 0.152. The van der Waals surface area contributed by atoms with Crippen LogP contribution in [0, 0.1) is 0 Å². The minimum absolute atomic E-state index is 0. The first-order valence-corrected chi connectivity index (χ1v) is 4.96. The first kappa shape index (κ1) is 10.0. The maximum absolute atomic E-state index is 4.89. The number of rotatable bonds is 0. The van der Waals surface area contributed by atoms with Crippen molar-refractivity contribution >= 4 is 30.3 Å². The smallest absolute Gasteiger partial charge is 0 e. The molecule has 0 aliphatic heterocycles. The largest absolute Gasteiger partial charge is 0 e. The van der Waals surface area contributed by atoms with Gasteiger partial charge in [0.1, 0.15) is 0 Å². The summed E-state index contributed by atoms with van der Waals surface area (Å²) in [5, 5.41) is 0. The molecule has 1 radical (unpaired) electrons. The fraction of sp³-hybridized carbons (Fsp3) is 0. The van der Waals surface area contributed by atoms with Crippen molar-refractivity contribution in [2.75, 3.05) is 0 Å². The summed E-state index contributed by atoms with van der Waals surface area (Å²) >= 11 is -1.33. The van der Waals surface area contributed by atoms with E-state index in [9.17, 15) is 0 Å². The molecule has 0 nitrogen and oxygen atoms in total. The fourth-order valence-electron chi connectivity index (χ4n) is 0. The average Bonchev–Trinajstić information content (AvgIpc) is 0.811. The van der Waals surface area contributed by atoms with Gasteiger partial charge < -0.3 is 0 Å². The molecule has 0 aromatic heterocycles. The molecule has 0 N–H and O–H groups in total. The van der Waals surface area contributed by atoms with Gasteiger partial charge in [-0.3, -0.25) is 0 Å². The molecule has 0 amide bonds. The van der Waals surface area contributed by atoms with Crippen molar-refractivity contribution in [2.45, 2.75) is 0 Å². The van der Waals surface area contributed by atoms with Gasteiger partial charge in [-0.15, -0.1) is 0 Å². The van der Waals surface area contributed by atoms with Crippen molar-refractivity contribution in [3.8, 4) is 0 Å². The maximum atomic E-state index is 4.89. The van der Waals surface area contributed by atoms with E-state index in [4.69, 9.17) is 30.3 Å². The molecule has 0 aromatic carbocycles. The molecule has 0 rings (SSSR count). The SMILES string of the molecule is [Cl][Fe]([Cl])[Cl].[Co]. The minimum atomic E-state index is -1.33. The van der Waals surface area contributed by atoms with Crippen LogP contribution in [0.15, 0.2) is 0 Å². The normalized spacial score (nSPS) is 9.00. The topological polar surface area (TPSA) is 0 Å². The van der Waals surface area contributed by atoms with Gasteiger partial charge in [0.05, 0.1) is 0 Å². The summed E-state index contributed by atoms with van der Waals surface area (Å²) in [5.41, 5.74) is 0. The van der Waals surface area contributed by atoms with Crippen LogP contribution in [-0.2, 0) is 27.9 Å². The predicted octanol–water partition coefficient (Wildman–Crippen LogP) is 2.06. The van der Waals surface area contributed by atoms with Crippen LogP contribution in [0.1, 0.15) is 0 Å². The first-order valence-electron chi connectivity index (χ1n) is 0.401. The third-order valence-corrected chi connectivity index (χ3v) is 0. The van der Waals surface area contributed by atoms with Gasteiger partial charge in [0, 0.05) is 16.8 Å². The van der Waals surface area contributed by atoms with Crippen molar-refractivity contribution in [3.05, 3.63) is 0 Å². The Labute approximate surface area is 57.9 Å². The number of halogens is 3. The molecule has 0 spiro atoms. The zero-order chi connectivity index (χ0) is 3.58. The molecule has 0 atom stereocenters. The van der Waals surface area contributed by atoms with Crippen LogP contribution in [0.25, 0.3) is 0 Å². The molecule has 0 bridgehead atoms. The van der Waals surface area contributed by atoms with Crippen molar-refractivity contribution < 1.29 is 27.9 Å². The van der Waals surface area contributed by atoms with Crippen molar-refractivity contribution in [2.24, 2.45) is 0 Å². The minimum Gasteiger partial charge on any atom is 0 e. The van der Waals surface area contributed by atoms with Crippen LogP contribution in [0.3, 0.4) is 0 Å². The molecule has 0 saturated heterocycles. The van der Waals surface area contributed by atoms with Gasteiger partial charge in [-0.25, -0.2) is 0 Å². The van der Waals surface area contributed by atoms with E-state index in [1.54, 1.807) is 0 Å². The van der Waals surface area contributed by atoms with E-state index in [0.717, 1.165) is 0 Å². The summed E-state index contributed by atoms with van der Waals surface area (Å²) in [6.45, 7) is 0. The van der Waals surface area contributed by atoms with Crippen LogP contribution in [0.2, 0.25) is 0 Å². The second kappa shape index (κ2) is 5.90. The molecule has 0 heterocycles. The van der Waals surface area contributed by atoms with Crippen LogP contribution in [-0.4, -0.2) is 0 Å².